The highest BCUT2D eigenvalue weighted by Crippen LogP contribution is 2.36. The van der Waals surface area contributed by atoms with Gasteiger partial charge < -0.3 is 5.32 Å². The summed E-state index contributed by atoms with van der Waals surface area (Å²) >= 11 is 3.96. The van der Waals surface area contributed by atoms with E-state index in [0.717, 1.165) is 6.54 Å². The van der Waals surface area contributed by atoms with Gasteiger partial charge in [0.05, 0.1) is 0 Å². The first kappa shape index (κ1) is 13.6. The first-order chi connectivity index (χ1) is 8.35. The van der Waals surface area contributed by atoms with Gasteiger partial charge in [-0.3, -0.25) is 4.99 Å². The third-order valence-electron chi connectivity index (χ3n) is 3.57. The number of hydrogen-bond donors (Lipinski definition) is 1. The summed E-state index contributed by atoms with van der Waals surface area (Å²) in [4.78, 5) is 4.70. The maximum Gasteiger partial charge on any atom is 0.157 e. The summed E-state index contributed by atoms with van der Waals surface area (Å²) in [5.41, 5.74) is 0.417. The fraction of sp³-hybridized carbons (Fsp3) is 0.923. The predicted octanol–water partition coefficient (Wildman–Crippen LogP) is 3.52. The molecule has 2 aliphatic rings. The van der Waals surface area contributed by atoms with Crippen LogP contribution >= 0.6 is 23.5 Å². The molecule has 0 unspecified atom stereocenters. The fourth-order valence-corrected chi connectivity index (χ4v) is 4.45. The van der Waals surface area contributed by atoms with E-state index in [2.05, 4.69) is 12.2 Å². The van der Waals surface area contributed by atoms with E-state index in [1.807, 2.05) is 23.5 Å². The smallest absolute Gasteiger partial charge is 0.157 e. The van der Waals surface area contributed by atoms with E-state index in [0.29, 0.717) is 5.54 Å². The van der Waals surface area contributed by atoms with Crippen molar-refractivity contribution in [2.24, 2.45) is 4.99 Å². The van der Waals surface area contributed by atoms with Crippen LogP contribution in [0.5, 0.6) is 0 Å². The van der Waals surface area contributed by atoms with Gasteiger partial charge in [0.1, 0.15) is 0 Å². The molecule has 1 heterocycles. The fourth-order valence-electron chi connectivity index (χ4n) is 2.58. The Morgan fingerprint density at radius 1 is 1.35 bits per heavy atom. The lowest BCUT2D eigenvalue weighted by Gasteiger charge is -2.32. The number of aliphatic imine (C=N–C) groups is 1. The van der Waals surface area contributed by atoms with E-state index >= 15 is 0 Å². The highest BCUT2D eigenvalue weighted by atomic mass is 32.2. The summed E-state index contributed by atoms with van der Waals surface area (Å²) in [6.07, 6.45) is 8.14. The largest absolute Gasteiger partial charge is 0.359 e. The molecule has 4 heteroatoms. The third kappa shape index (κ3) is 4.09. The molecule has 0 radical (unpaired) electrons. The SMILES string of the molecule is CCSCCCN=C1NC2(CCCCC2)CS1. The zero-order valence-electron chi connectivity index (χ0n) is 10.8. The second kappa shape index (κ2) is 6.93. The molecule has 1 spiro atoms. The van der Waals surface area contributed by atoms with E-state index in [1.54, 1.807) is 0 Å². The lowest BCUT2D eigenvalue weighted by molar-refractivity contribution is 0.303. The molecule has 1 saturated carbocycles. The minimum atomic E-state index is 0.417. The summed E-state index contributed by atoms with van der Waals surface area (Å²) in [5.74, 6) is 3.73. The lowest BCUT2D eigenvalue weighted by atomic mass is 9.83. The molecule has 2 fully saturated rings. The van der Waals surface area contributed by atoms with Crippen LogP contribution in [-0.2, 0) is 0 Å². The van der Waals surface area contributed by atoms with E-state index in [4.69, 9.17) is 4.99 Å². The van der Waals surface area contributed by atoms with Crippen LogP contribution < -0.4 is 5.32 Å². The Labute approximate surface area is 114 Å². The molecule has 2 nitrogen and oxygen atoms in total. The minimum Gasteiger partial charge on any atom is -0.359 e. The van der Waals surface area contributed by atoms with Crippen LogP contribution in [0.25, 0.3) is 0 Å². The molecule has 0 bridgehead atoms. The predicted molar refractivity (Wildman–Crippen MR) is 81.3 cm³/mol. The van der Waals surface area contributed by atoms with Gasteiger partial charge in [-0.2, -0.15) is 11.8 Å². The Morgan fingerprint density at radius 2 is 2.18 bits per heavy atom. The highest BCUT2D eigenvalue weighted by molar-refractivity contribution is 8.14. The normalized spacial score (nSPS) is 25.4. The van der Waals surface area contributed by atoms with Gasteiger partial charge in [-0.15, -0.1) is 0 Å². The molecule has 98 valence electrons. The van der Waals surface area contributed by atoms with Gasteiger partial charge in [-0.05, 0) is 30.8 Å². The van der Waals surface area contributed by atoms with Crippen molar-refractivity contribution in [2.75, 3.05) is 23.8 Å². The lowest BCUT2D eigenvalue weighted by Crippen LogP contribution is -2.45. The van der Waals surface area contributed by atoms with Gasteiger partial charge in [-0.25, -0.2) is 0 Å². The van der Waals surface area contributed by atoms with Crippen molar-refractivity contribution in [1.29, 1.82) is 0 Å². The number of hydrogen-bond acceptors (Lipinski definition) is 3. The molecule has 0 aromatic rings. The Morgan fingerprint density at radius 3 is 2.94 bits per heavy atom. The minimum absolute atomic E-state index is 0.417. The second-order valence-electron chi connectivity index (χ2n) is 4.99. The van der Waals surface area contributed by atoms with E-state index in [1.165, 1.54) is 61.0 Å². The maximum atomic E-state index is 4.70. The average Bonchev–Trinajstić information content (AvgIpc) is 2.73. The molecule has 0 aromatic heterocycles. The first-order valence-corrected chi connectivity index (χ1v) is 9.02. The van der Waals surface area contributed by atoms with Crippen LogP contribution in [0.15, 0.2) is 4.99 Å². The quantitative estimate of drug-likeness (QED) is 0.775. The summed E-state index contributed by atoms with van der Waals surface area (Å²) in [7, 11) is 0. The molecular weight excluding hydrogens is 248 g/mol. The number of rotatable bonds is 5. The van der Waals surface area contributed by atoms with Gasteiger partial charge in [0.15, 0.2) is 5.17 Å². The van der Waals surface area contributed by atoms with Gasteiger partial charge in [0.25, 0.3) is 0 Å². The van der Waals surface area contributed by atoms with Crippen LogP contribution in [0.4, 0.5) is 0 Å². The van der Waals surface area contributed by atoms with Crippen LogP contribution in [0.3, 0.4) is 0 Å². The maximum absolute atomic E-state index is 4.70. The van der Waals surface area contributed by atoms with Crippen molar-refractivity contribution in [2.45, 2.75) is 51.0 Å². The molecule has 1 aliphatic carbocycles. The topological polar surface area (TPSA) is 24.4 Å². The first-order valence-electron chi connectivity index (χ1n) is 6.88. The Bertz CT molecular complexity index is 260. The van der Waals surface area contributed by atoms with E-state index < -0.39 is 0 Å². The number of amidine groups is 1. The van der Waals surface area contributed by atoms with Crippen molar-refractivity contribution in [3.63, 3.8) is 0 Å². The number of nitrogens with zero attached hydrogens (tertiary/aromatic N) is 1. The highest BCUT2D eigenvalue weighted by Gasteiger charge is 2.37. The van der Waals surface area contributed by atoms with Gasteiger partial charge in [-0.1, -0.05) is 37.9 Å². The standard InChI is InChI=1S/C13H24N2S2/c1-2-16-10-6-9-14-12-15-13(11-17-12)7-4-3-5-8-13/h2-11H2,1H3,(H,14,15). The molecular formula is C13H24N2S2. The van der Waals surface area contributed by atoms with Crippen molar-refractivity contribution in [1.82, 2.24) is 5.32 Å². The zero-order chi connectivity index (χ0) is 12.0. The van der Waals surface area contributed by atoms with Gasteiger partial charge in [0.2, 0.25) is 0 Å². The van der Waals surface area contributed by atoms with Crippen molar-refractivity contribution in [3.8, 4) is 0 Å². The molecule has 0 amide bonds. The molecule has 0 aromatic carbocycles. The summed E-state index contributed by atoms with van der Waals surface area (Å²) in [5, 5.41) is 4.92. The summed E-state index contributed by atoms with van der Waals surface area (Å²) in [6.45, 7) is 3.22. The average molecular weight is 272 g/mol. The Hall–Kier alpha value is 0.170. The van der Waals surface area contributed by atoms with Crippen LogP contribution in [0.2, 0.25) is 0 Å². The van der Waals surface area contributed by atoms with Crippen LogP contribution in [0, 0.1) is 0 Å². The van der Waals surface area contributed by atoms with E-state index in [9.17, 15) is 0 Å². The molecule has 17 heavy (non-hydrogen) atoms. The number of nitrogens with one attached hydrogen (secondary N) is 1. The molecule has 1 N–H and O–H groups in total. The van der Waals surface area contributed by atoms with Crippen molar-refractivity contribution >= 4 is 28.7 Å². The monoisotopic (exact) mass is 272 g/mol. The molecule has 1 saturated heterocycles. The van der Waals surface area contributed by atoms with Crippen molar-refractivity contribution < 1.29 is 0 Å². The van der Waals surface area contributed by atoms with E-state index in [-0.39, 0.29) is 0 Å². The number of thioether (sulfide) groups is 2. The Kier molecular flexibility index (Phi) is 5.54. The van der Waals surface area contributed by atoms with Crippen LogP contribution in [0.1, 0.15) is 45.4 Å². The second-order valence-corrected chi connectivity index (χ2v) is 7.35. The van der Waals surface area contributed by atoms with Crippen molar-refractivity contribution in [3.05, 3.63) is 0 Å². The van der Waals surface area contributed by atoms with Crippen LogP contribution in [-0.4, -0.2) is 34.5 Å². The van der Waals surface area contributed by atoms with Gasteiger partial charge in [0, 0.05) is 17.8 Å². The summed E-state index contributed by atoms with van der Waals surface area (Å²) < 4.78 is 0. The summed E-state index contributed by atoms with van der Waals surface area (Å²) in [6, 6.07) is 0. The Balaban J connectivity index is 1.71. The molecule has 2 rings (SSSR count). The molecule has 0 atom stereocenters. The van der Waals surface area contributed by atoms with Gasteiger partial charge >= 0.3 is 0 Å². The molecule has 1 aliphatic heterocycles. The third-order valence-corrected chi connectivity index (χ3v) is 5.76. The zero-order valence-corrected chi connectivity index (χ0v) is 12.5.